The number of benzene rings is 2. The molecule has 0 atom stereocenters. The molecule has 0 unspecified atom stereocenters. The molecule has 1 aliphatic rings. The largest absolute Gasteiger partial charge is 0.382 e. The molecule has 2 aromatic rings. The summed E-state index contributed by atoms with van der Waals surface area (Å²) in [4.78, 5) is 0. The number of anilines is 1. The van der Waals surface area contributed by atoms with Crippen molar-refractivity contribution in [2.45, 2.75) is 45.6 Å². The van der Waals surface area contributed by atoms with Gasteiger partial charge >= 0.3 is 0 Å². The summed E-state index contributed by atoms with van der Waals surface area (Å²) in [7, 11) is 0. The van der Waals surface area contributed by atoms with E-state index >= 15 is 0 Å². The first-order valence-electron chi connectivity index (χ1n) is 7.52. The van der Waals surface area contributed by atoms with Crippen molar-refractivity contribution in [3.05, 3.63) is 64.7 Å². The van der Waals surface area contributed by atoms with Gasteiger partial charge in [0.05, 0.1) is 0 Å². The van der Waals surface area contributed by atoms with Crippen LogP contribution in [0.3, 0.4) is 0 Å². The van der Waals surface area contributed by atoms with Gasteiger partial charge in [-0.15, -0.1) is 0 Å². The quantitative estimate of drug-likeness (QED) is 0.826. The van der Waals surface area contributed by atoms with Crippen LogP contribution in [-0.2, 0) is 0 Å². The third kappa shape index (κ3) is 2.72. The molecule has 0 heterocycles. The normalized spacial score (nSPS) is 21.4. The fraction of sp³-hybridized carbons (Fsp3) is 0.368. The van der Waals surface area contributed by atoms with E-state index in [0.29, 0.717) is 6.04 Å². The standard InChI is InChI=1S/C19H23N/c1-13-5-4-6-16(9-13)17-11-19(12-17)20-18-8-7-14(2)15(3)10-18/h4-10,17,19-20H,11-12H2,1-3H3. The van der Waals surface area contributed by atoms with E-state index in [9.17, 15) is 0 Å². The summed E-state index contributed by atoms with van der Waals surface area (Å²) in [6.07, 6.45) is 2.49. The van der Waals surface area contributed by atoms with Crippen molar-refractivity contribution in [2.75, 3.05) is 5.32 Å². The maximum absolute atomic E-state index is 3.66. The smallest absolute Gasteiger partial charge is 0.0345 e. The van der Waals surface area contributed by atoms with Gasteiger partial charge in [-0.1, -0.05) is 35.9 Å². The minimum atomic E-state index is 0.627. The molecule has 3 rings (SSSR count). The molecule has 0 spiro atoms. The zero-order valence-corrected chi connectivity index (χ0v) is 12.6. The van der Waals surface area contributed by atoms with Crippen molar-refractivity contribution >= 4 is 5.69 Å². The van der Waals surface area contributed by atoms with Crippen LogP contribution < -0.4 is 5.32 Å². The second-order valence-corrected chi connectivity index (χ2v) is 6.22. The maximum Gasteiger partial charge on any atom is 0.0345 e. The van der Waals surface area contributed by atoms with Crippen LogP contribution in [0.2, 0.25) is 0 Å². The number of aryl methyl sites for hydroxylation is 3. The Labute approximate surface area is 122 Å². The zero-order chi connectivity index (χ0) is 14.1. The van der Waals surface area contributed by atoms with Crippen LogP contribution >= 0.6 is 0 Å². The van der Waals surface area contributed by atoms with Gasteiger partial charge in [0.15, 0.2) is 0 Å². The van der Waals surface area contributed by atoms with Gasteiger partial charge in [0.1, 0.15) is 0 Å². The Balaban J connectivity index is 1.59. The van der Waals surface area contributed by atoms with Crippen LogP contribution in [-0.4, -0.2) is 6.04 Å². The van der Waals surface area contributed by atoms with Crippen LogP contribution in [0, 0.1) is 20.8 Å². The van der Waals surface area contributed by atoms with E-state index in [2.05, 4.69) is 68.6 Å². The summed E-state index contributed by atoms with van der Waals surface area (Å²) in [6.45, 7) is 6.51. The molecule has 0 radical (unpaired) electrons. The van der Waals surface area contributed by atoms with E-state index in [4.69, 9.17) is 0 Å². The molecule has 104 valence electrons. The lowest BCUT2D eigenvalue weighted by atomic mass is 9.75. The summed E-state index contributed by atoms with van der Waals surface area (Å²) in [5.74, 6) is 0.735. The molecule has 0 aliphatic heterocycles. The van der Waals surface area contributed by atoms with Gasteiger partial charge < -0.3 is 5.32 Å². The highest BCUT2D eigenvalue weighted by atomic mass is 14.9. The maximum atomic E-state index is 3.66. The number of hydrogen-bond acceptors (Lipinski definition) is 1. The summed E-state index contributed by atoms with van der Waals surface area (Å²) in [5.41, 5.74) is 6.86. The molecule has 1 nitrogen and oxygen atoms in total. The molecule has 1 N–H and O–H groups in total. The minimum Gasteiger partial charge on any atom is -0.382 e. The van der Waals surface area contributed by atoms with E-state index in [1.54, 1.807) is 0 Å². The van der Waals surface area contributed by atoms with Gasteiger partial charge in [0, 0.05) is 11.7 Å². The molecule has 1 saturated carbocycles. The lowest BCUT2D eigenvalue weighted by Crippen LogP contribution is -2.34. The van der Waals surface area contributed by atoms with E-state index < -0.39 is 0 Å². The number of hydrogen-bond donors (Lipinski definition) is 1. The Kier molecular flexibility index (Phi) is 3.52. The van der Waals surface area contributed by atoms with Gasteiger partial charge in [-0.25, -0.2) is 0 Å². The van der Waals surface area contributed by atoms with Gasteiger partial charge in [-0.05, 0) is 68.4 Å². The van der Waals surface area contributed by atoms with Crippen LogP contribution in [0.25, 0.3) is 0 Å². The van der Waals surface area contributed by atoms with Crippen molar-refractivity contribution in [1.82, 2.24) is 0 Å². The summed E-state index contributed by atoms with van der Waals surface area (Å²) in [6, 6.07) is 16.2. The van der Waals surface area contributed by atoms with Crippen molar-refractivity contribution in [3.8, 4) is 0 Å². The average Bonchev–Trinajstić information content (AvgIpc) is 2.37. The second kappa shape index (κ2) is 5.32. The predicted molar refractivity (Wildman–Crippen MR) is 86.5 cm³/mol. The summed E-state index contributed by atoms with van der Waals surface area (Å²) in [5, 5.41) is 3.66. The molecule has 0 amide bonds. The Morgan fingerprint density at radius 1 is 0.900 bits per heavy atom. The average molecular weight is 265 g/mol. The van der Waals surface area contributed by atoms with E-state index in [1.165, 1.54) is 40.8 Å². The van der Waals surface area contributed by atoms with Gasteiger partial charge in [-0.2, -0.15) is 0 Å². The van der Waals surface area contributed by atoms with Gasteiger partial charge in [0.25, 0.3) is 0 Å². The molecule has 0 saturated heterocycles. The molecule has 1 fully saturated rings. The first kappa shape index (κ1) is 13.2. The molecular formula is C19H23N. The molecule has 1 heteroatoms. The highest BCUT2D eigenvalue weighted by Crippen LogP contribution is 2.38. The fourth-order valence-electron chi connectivity index (χ4n) is 3.00. The van der Waals surface area contributed by atoms with Gasteiger partial charge in [0.2, 0.25) is 0 Å². The predicted octanol–water partition coefficient (Wildman–Crippen LogP) is 4.97. The van der Waals surface area contributed by atoms with Gasteiger partial charge in [-0.3, -0.25) is 0 Å². The van der Waals surface area contributed by atoms with Crippen molar-refractivity contribution < 1.29 is 0 Å². The molecule has 0 bridgehead atoms. The Bertz CT molecular complexity index is 609. The Morgan fingerprint density at radius 2 is 1.70 bits per heavy atom. The highest BCUT2D eigenvalue weighted by molar-refractivity contribution is 5.49. The lowest BCUT2D eigenvalue weighted by molar-refractivity contribution is 0.374. The molecule has 2 aromatic carbocycles. The third-order valence-electron chi connectivity index (χ3n) is 4.53. The van der Waals surface area contributed by atoms with Crippen LogP contribution in [0.1, 0.15) is 41.0 Å². The highest BCUT2D eigenvalue weighted by Gasteiger charge is 2.30. The molecular weight excluding hydrogens is 242 g/mol. The summed E-state index contributed by atoms with van der Waals surface area (Å²) < 4.78 is 0. The lowest BCUT2D eigenvalue weighted by Gasteiger charge is -2.37. The first-order valence-corrected chi connectivity index (χ1v) is 7.52. The second-order valence-electron chi connectivity index (χ2n) is 6.22. The molecule has 20 heavy (non-hydrogen) atoms. The fourth-order valence-corrected chi connectivity index (χ4v) is 3.00. The molecule has 1 aliphatic carbocycles. The Morgan fingerprint density at radius 3 is 2.40 bits per heavy atom. The van der Waals surface area contributed by atoms with E-state index in [-0.39, 0.29) is 0 Å². The molecule has 0 aromatic heterocycles. The SMILES string of the molecule is Cc1cccc(C2CC(Nc3ccc(C)c(C)c3)C2)c1. The van der Waals surface area contributed by atoms with E-state index in [1.807, 2.05) is 0 Å². The number of nitrogens with one attached hydrogen (secondary N) is 1. The zero-order valence-electron chi connectivity index (χ0n) is 12.6. The van der Waals surface area contributed by atoms with Crippen molar-refractivity contribution in [3.63, 3.8) is 0 Å². The third-order valence-corrected chi connectivity index (χ3v) is 4.53. The monoisotopic (exact) mass is 265 g/mol. The Hall–Kier alpha value is -1.76. The minimum absolute atomic E-state index is 0.627. The summed E-state index contributed by atoms with van der Waals surface area (Å²) >= 11 is 0. The van der Waals surface area contributed by atoms with Crippen molar-refractivity contribution in [2.24, 2.45) is 0 Å². The van der Waals surface area contributed by atoms with Crippen LogP contribution in [0.4, 0.5) is 5.69 Å². The number of rotatable bonds is 3. The van der Waals surface area contributed by atoms with Crippen LogP contribution in [0.15, 0.2) is 42.5 Å². The van der Waals surface area contributed by atoms with Crippen molar-refractivity contribution in [1.29, 1.82) is 0 Å². The van der Waals surface area contributed by atoms with Crippen LogP contribution in [0.5, 0.6) is 0 Å². The topological polar surface area (TPSA) is 12.0 Å². The first-order chi connectivity index (χ1) is 9.61. The van der Waals surface area contributed by atoms with E-state index in [0.717, 1.165) is 5.92 Å².